The molecule has 0 amide bonds. The third-order valence-corrected chi connectivity index (χ3v) is 1.13. The second-order valence-electron chi connectivity index (χ2n) is 1.62. The van der Waals surface area contributed by atoms with Crippen molar-refractivity contribution in [2.45, 2.75) is 0 Å². The van der Waals surface area contributed by atoms with E-state index in [-0.39, 0.29) is 5.48 Å². The molecule has 0 fully saturated rings. The van der Waals surface area contributed by atoms with Crippen molar-refractivity contribution < 1.29 is 27.5 Å². The molecule has 0 aliphatic rings. The predicted molar refractivity (Wildman–Crippen MR) is 34.5 cm³/mol. The first kappa shape index (κ1) is 10.8. The van der Waals surface area contributed by atoms with Gasteiger partial charge in [-0.1, -0.05) is 4.98 Å². The van der Waals surface area contributed by atoms with Crippen LogP contribution in [0, 0.1) is 0 Å². The predicted octanol–water partition coefficient (Wildman–Crippen LogP) is -1.58. The van der Waals surface area contributed by atoms with Crippen molar-refractivity contribution in [2.24, 2.45) is 0 Å². The first-order chi connectivity index (χ1) is 5.08. The summed E-state index contributed by atoms with van der Waals surface area (Å²) in [6, 6.07) is 1.45. The van der Waals surface area contributed by atoms with E-state index in [1.54, 1.807) is 0 Å². The molecule has 2 N–H and O–H groups in total. The van der Waals surface area contributed by atoms with Gasteiger partial charge in [0, 0.05) is 6.07 Å². The summed E-state index contributed by atoms with van der Waals surface area (Å²) in [4.78, 5) is 3.53. The Morgan fingerprint density at radius 3 is 2.58 bits per heavy atom. The fraction of sp³-hybridized carbons (Fsp3) is 0. The maximum Gasteiger partial charge on any atom is 0.481 e. The minimum Gasteiger partial charge on any atom is -0.870 e. The summed E-state index contributed by atoms with van der Waals surface area (Å²) in [5.74, 6) is 0. The molecule has 7 nitrogen and oxygen atoms in total. The minimum absolute atomic E-state index is 0. The Balaban J connectivity index is 0.00000121. The summed E-state index contributed by atoms with van der Waals surface area (Å²) >= 11 is 0. The average molecular weight is 194 g/mol. The molecule has 0 bridgehead atoms. The molecule has 1 rings (SSSR count). The molecule has 0 aliphatic carbocycles. The summed E-state index contributed by atoms with van der Waals surface area (Å²) in [5.41, 5.74) is 0. The van der Waals surface area contributed by atoms with Gasteiger partial charge >= 0.3 is 16.7 Å². The highest BCUT2D eigenvalue weighted by Crippen LogP contribution is 1.73. The van der Waals surface area contributed by atoms with Gasteiger partial charge in [-0.3, -0.25) is 4.55 Å². The number of hydrogen-bond acceptors (Lipinski definition) is 5. The van der Waals surface area contributed by atoms with Crippen molar-refractivity contribution >= 4 is 10.4 Å². The molecule has 68 valence electrons. The molecule has 0 saturated heterocycles. The maximum atomic E-state index is 10.1. The van der Waals surface area contributed by atoms with E-state index >= 15 is 0 Å². The Morgan fingerprint density at radius 2 is 2.17 bits per heavy atom. The van der Waals surface area contributed by atoms with E-state index in [9.17, 15) is 8.42 Å². The molecule has 0 aliphatic heterocycles. The summed E-state index contributed by atoms with van der Waals surface area (Å²) in [5, 5.41) is 0. The van der Waals surface area contributed by atoms with Crippen LogP contribution in [0.4, 0.5) is 0 Å². The molecule has 1 aromatic rings. The fourth-order valence-electron chi connectivity index (χ4n) is 0.469. The molecular weight excluding hydrogens is 188 g/mol. The van der Waals surface area contributed by atoms with Gasteiger partial charge in [0.2, 0.25) is 0 Å². The van der Waals surface area contributed by atoms with E-state index in [1.165, 1.54) is 18.5 Å². The SMILES string of the molecule is O=S(=O)(O)O[n+]1cccnc1.[OH-]. The zero-order valence-corrected chi connectivity index (χ0v) is 6.55. The topological polar surface area (TPSA) is 110 Å². The molecule has 0 spiro atoms. The molecule has 0 unspecified atom stereocenters. The van der Waals surface area contributed by atoms with Crippen molar-refractivity contribution in [3.63, 3.8) is 0 Å². The van der Waals surface area contributed by atoms with Crippen molar-refractivity contribution in [3.8, 4) is 0 Å². The van der Waals surface area contributed by atoms with E-state index in [0.29, 0.717) is 0 Å². The molecule has 1 aromatic heterocycles. The third-order valence-electron chi connectivity index (χ3n) is 0.766. The maximum absolute atomic E-state index is 10.1. The first-order valence-electron chi connectivity index (χ1n) is 2.56. The van der Waals surface area contributed by atoms with Gasteiger partial charge in [-0.2, -0.15) is 12.7 Å². The second kappa shape index (κ2) is 3.95. The van der Waals surface area contributed by atoms with Crippen LogP contribution in [0.2, 0.25) is 0 Å². The van der Waals surface area contributed by atoms with Gasteiger partial charge in [0.15, 0.2) is 0 Å². The lowest BCUT2D eigenvalue weighted by Gasteiger charge is -1.92. The lowest BCUT2D eigenvalue weighted by atomic mass is 10.7. The molecule has 0 radical (unpaired) electrons. The van der Waals surface area contributed by atoms with Crippen molar-refractivity contribution in [1.29, 1.82) is 0 Å². The lowest BCUT2D eigenvalue weighted by Crippen LogP contribution is -2.45. The van der Waals surface area contributed by atoms with Crippen molar-refractivity contribution in [1.82, 2.24) is 4.98 Å². The summed E-state index contributed by atoms with van der Waals surface area (Å²) in [6.45, 7) is 0. The van der Waals surface area contributed by atoms with Crippen LogP contribution in [-0.2, 0) is 10.4 Å². The summed E-state index contributed by atoms with van der Waals surface area (Å²) in [7, 11) is -4.45. The van der Waals surface area contributed by atoms with Crippen LogP contribution in [0.25, 0.3) is 0 Å². The molecule has 8 heteroatoms. The van der Waals surface area contributed by atoms with E-state index < -0.39 is 10.4 Å². The number of aromatic nitrogens is 2. The van der Waals surface area contributed by atoms with Crippen molar-refractivity contribution in [2.75, 3.05) is 0 Å². The Morgan fingerprint density at radius 1 is 1.50 bits per heavy atom. The van der Waals surface area contributed by atoms with E-state index in [1.807, 2.05) is 0 Å². The minimum atomic E-state index is -4.45. The van der Waals surface area contributed by atoms with Gasteiger partial charge in [-0.25, -0.2) is 0 Å². The van der Waals surface area contributed by atoms with Gasteiger partial charge in [0.1, 0.15) is 12.4 Å². The van der Waals surface area contributed by atoms with E-state index in [4.69, 9.17) is 4.55 Å². The monoisotopic (exact) mass is 194 g/mol. The van der Waals surface area contributed by atoms with Gasteiger partial charge in [0.25, 0.3) is 0 Å². The van der Waals surface area contributed by atoms with Crippen LogP contribution >= 0.6 is 0 Å². The Labute approximate surface area is 68.5 Å². The Hall–Kier alpha value is -1.25. The highest BCUT2D eigenvalue weighted by atomic mass is 32.3. The van der Waals surface area contributed by atoms with E-state index in [0.717, 1.165) is 11.1 Å². The van der Waals surface area contributed by atoms with Gasteiger partial charge in [-0.15, -0.1) is 0 Å². The summed E-state index contributed by atoms with van der Waals surface area (Å²) in [6.07, 6.45) is 3.80. The van der Waals surface area contributed by atoms with Crippen LogP contribution in [0.5, 0.6) is 0 Å². The zero-order chi connectivity index (χ0) is 8.32. The molecule has 0 atom stereocenters. The number of hydrogen-bond donors (Lipinski definition) is 1. The van der Waals surface area contributed by atoms with Crippen LogP contribution in [0.3, 0.4) is 0 Å². The largest absolute Gasteiger partial charge is 0.870 e. The highest BCUT2D eigenvalue weighted by molar-refractivity contribution is 7.80. The highest BCUT2D eigenvalue weighted by Gasteiger charge is 2.09. The Kier molecular flexibility index (Phi) is 3.54. The van der Waals surface area contributed by atoms with Gasteiger partial charge in [0.05, 0.1) is 0 Å². The van der Waals surface area contributed by atoms with Crippen LogP contribution in [0.1, 0.15) is 0 Å². The molecule has 0 aromatic carbocycles. The molecular formula is C4H6N2O5S. The van der Waals surface area contributed by atoms with Gasteiger partial charge < -0.3 is 5.48 Å². The number of nitrogens with zero attached hydrogens (tertiary/aromatic N) is 2. The standard InChI is InChI=1S/C4H4N2O4S.H2O/c7-11(8,9)10-6-3-1-2-5-4-6;/h1-4H;1H2. The van der Waals surface area contributed by atoms with E-state index in [2.05, 4.69) is 9.27 Å². The van der Waals surface area contributed by atoms with Crippen LogP contribution in [-0.4, -0.2) is 23.4 Å². The number of rotatable bonds is 2. The molecule has 12 heavy (non-hydrogen) atoms. The van der Waals surface area contributed by atoms with Gasteiger partial charge in [-0.05, 0) is 4.73 Å². The zero-order valence-electron chi connectivity index (χ0n) is 5.73. The average Bonchev–Trinajstić information content (AvgIpc) is 1.85. The smallest absolute Gasteiger partial charge is 0.481 e. The summed E-state index contributed by atoms with van der Waals surface area (Å²) < 4.78 is 33.1. The quantitative estimate of drug-likeness (QED) is 0.449. The first-order valence-corrected chi connectivity index (χ1v) is 3.93. The van der Waals surface area contributed by atoms with Crippen LogP contribution < -0.4 is 9.01 Å². The molecule has 1 heterocycles. The molecule has 0 saturated carbocycles. The van der Waals surface area contributed by atoms with Crippen LogP contribution in [0.15, 0.2) is 24.8 Å². The second-order valence-corrected chi connectivity index (χ2v) is 2.62. The normalized spacial score (nSPS) is 10.1. The van der Waals surface area contributed by atoms with Crippen molar-refractivity contribution in [3.05, 3.63) is 24.8 Å². The fourth-order valence-corrected chi connectivity index (χ4v) is 0.774. The Bertz CT molecular complexity index is 323. The third kappa shape index (κ3) is 3.81. The lowest BCUT2D eigenvalue weighted by molar-refractivity contribution is -0.859.